The van der Waals surface area contributed by atoms with Gasteiger partial charge in [-0.05, 0) is 32.8 Å². The van der Waals surface area contributed by atoms with Gasteiger partial charge in [0.25, 0.3) is 5.91 Å². The summed E-state index contributed by atoms with van der Waals surface area (Å²) in [6.07, 6.45) is 2.98. The van der Waals surface area contributed by atoms with Crippen molar-refractivity contribution < 1.29 is 19.5 Å². The molecule has 0 saturated carbocycles. The van der Waals surface area contributed by atoms with Gasteiger partial charge >= 0.3 is 5.97 Å². The van der Waals surface area contributed by atoms with Gasteiger partial charge in [0, 0.05) is 32.4 Å². The van der Waals surface area contributed by atoms with Gasteiger partial charge in [0.1, 0.15) is 5.69 Å². The highest BCUT2D eigenvalue weighted by Crippen LogP contribution is 2.17. The van der Waals surface area contributed by atoms with E-state index in [4.69, 9.17) is 5.11 Å². The van der Waals surface area contributed by atoms with Crippen LogP contribution in [0.4, 0.5) is 0 Å². The van der Waals surface area contributed by atoms with Gasteiger partial charge in [-0.1, -0.05) is 0 Å². The van der Waals surface area contributed by atoms with Crippen LogP contribution in [0, 0.1) is 5.92 Å². The first kappa shape index (κ1) is 18.0. The minimum atomic E-state index is -0.879. The van der Waals surface area contributed by atoms with Crippen molar-refractivity contribution in [1.82, 2.24) is 19.6 Å². The second-order valence-corrected chi connectivity index (χ2v) is 6.45. The van der Waals surface area contributed by atoms with Gasteiger partial charge in [0.2, 0.25) is 5.91 Å². The Kier molecular flexibility index (Phi) is 5.58. The second kappa shape index (κ2) is 7.46. The van der Waals surface area contributed by atoms with E-state index >= 15 is 0 Å². The molecule has 8 nitrogen and oxygen atoms in total. The number of carboxylic acid groups (broad SMARTS) is 1. The number of carbonyl (C=O) groups is 3. The second-order valence-electron chi connectivity index (χ2n) is 6.45. The summed E-state index contributed by atoms with van der Waals surface area (Å²) in [5.74, 6) is -1.96. The fourth-order valence-corrected chi connectivity index (χ4v) is 2.72. The molecule has 1 N–H and O–H groups in total. The van der Waals surface area contributed by atoms with Gasteiger partial charge in [-0.15, -0.1) is 0 Å². The van der Waals surface area contributed by atoms with E-state index in [-0.39, 0.29) is 30.9 Å². The molecule has 1 aliphatic heterocycles. The predicted molar refractivity (Wildman–Crippen MR) is 86.5 cm³/mol. The summed E-state index contributed by atoms with van der Waals surface area (Å²) in [6.45, 7) is 4.58. The van der Waals surface area contributed by atoms with Gasteiger partial charge in [0.15, 0.2) is 0 Å². The van der Waals surface area contributed by atoms with Crippen LogP contribution < -0.4 is 0 Å². The van der Waals surface area contributed by atoms with Crippen LogP contribution in [0.15, 0.2) is 12.3 Å². The van der Waals surface area contributed by atoms with Crippen LogP contribution in [0.1, 0.15) is 43.2 Å². The van der Waals surface area contributed by atoms with Crippen LogP contribution in [0.2, 0.25) is 0 Å². The monoisotopic (exact) mass is 336 g/mol. The smallest absolute Gasteiger partial charge is 0.308 e. The van der Waals surface area contributed by atoms with E-state index in [1.165, 1.54) is 9.80 Å². The van der Waals surface area contributed by atoms with Crippen LogP contribution in [0.25, 0.3) is 0 Å². The zero-order chi connectivity index (χ0) is 17.9. The van der Waals surface area contributed by atoms with Gasteiger partial charge < -0.3 is 14.9 Å². The lowest BCUT2D eigenvalue weighted by Crippen LogP contribution is -2.47. The minimum Gasteiger partial charge on any atom is -0.481 e. The van der Waals surface area contributed by atoms with Crippen LogP contribution >= 0.6 is 0 Å². The molecular weight excluding hydrogens is 312 g/mol. The first-order valence-corrected chi connectivity index (χ1v) is 8.10. The Balaban J connectivity index is 1.95. The van der Waals surface area contributed by atoms with Crippen molar-refractivity contribution in [3.63, 3.8) is 0 Å². The number of carbonyl (C=O) groups excluding carboxylic acids is 2. The fraction of sp³-hybridized carbons (Fsp3) is 0.625. The number of likely N-dealkylation sites (tertiary alicyclic amines) is 1. The van der Waals surface area contributed by atoms with Crippen LogP contribution in [-0.2, 0) is 9.59 Å². The maximum atomic E-state index is 12.4. The molecule has 8 heteroatoms. The summed E-state index contributed by atoms with van der Waals surface area (Å²) in [5.41, 5.74) is 0.293. The molecule has 24 heavy (non-hydrogen) atoms. The summed E-state index contributed by atoms with van der Waals surface area (Å²) in [6, 6.07) is 1.78. The van der Waals surface area contributed by atoms with Gasteiger partial charge in [-0.3, -0.25) is 19.1 Å². The highest BCUT2D eigenvalue weighted by Gasteiger charge is 2.29. The minimum absolute atomic E-state index is 0.0836. The Hall–Kier alpha value is -2.38. The van der Waals surface area contributed by atoms with E-state index in [0.717, 1.165) is 0 Å². The summed E-state index contributed by atoms with van der Waals surface area (Å²) < 4.78 is 1.69. The molecular formula is C16H24N4O4. The summed E-state index contributed by atoms with van der Waals surface area (Å²) in [7, 11) is 1.55. The first-order chi connectivity index (χ1) is 11.3. The van der Waals surface area contributed by atoms with Crippen molar-refractivity contribution in [3.8, 4) is 0 Å². The number of likely N-dealkylation sites (N-methyl/N-ethyl adjacent to an activating group) is 1. The summed E-state index contributed by atoms with van der Waals surface area (Å²) in [5, 5.41) is 13.3. The van der Waals surface area contributed by atoms with E-state index < -0.39 is 11.9 Å². The van der Waals surface area contributed by atoms with Gasteiger partial charge in [-0.25, -0.2) is 0 Å². The third kappa shape index (κ3) is 4.12. The molecule has 0 unspecified atom stereocenters. The quantitative estimate of drug-likeness (QED) is 0.860. The molecule has 1 saturated heterocycles. The van der Waals surface area contributed by atoms with Crippen molar-refractivity contribution in [3.05, 3.63) is 18.0 Å². The number of piperidine rings is 1. The van der Waals surface area contributed by atoms with Crippen LogP contribution in [0.3, 0.4) is 0 Å². The Morgan fingerprint density at radius 3 is 2.71 bits per heavy atom. The van der Waals surface area contributed by atoms with E-state index in [2.05, 4.69) is 5.10 Å². The highest BCUT2D eigenvalue weighted by atomic mass is 16.4. The molecule has 2 rings (SSSR count). The number of hydrogen-bond donors (Lipinski definition) is 1. The number of aliphatic carboxylic acids is 1. The van der Waals surface area contributed by atoms with E-state index in [1.54, 1.807) is 24.0 Å². The molecule has 2 amide bonds. The third-order valence-corrected chi connectivity index (χ3v) is 4.20. The molecule has 0 aliphatic carbocycles. The van der Waals surface area contributed by atoms with Gasteiger partial charge in [0.05, 0.1) is 12.5 Å². The summed E-state index contributed by atoms with van der Waals surface area (Å²) in [4.78, 5) is 38.6. The molecule has 1 aromatic rings. The molecule has 2 heterocycles. The topological polar surface area (TPSA) is 95.7 Å². The average Bonchev–Trinajstić information content (AvgIpc) is 3.04. The lowest BCUT2D eigenvalue weighted by Gasteiger charge is -2.31. The van der Waals surface area contributed by atoms with Crippen LogP contribution in [0.5, 0.6) is 0 Å². The Bertz CT molecular complexity index is 625. The Morgan fingerprint density at radius 1 is 1.42 bits per heavy atom. The number of hydrogen-bond acceptors (Lipinski definition) is 4. The SMILES string of the molecule is CC(C)n1ccc(C(=O)N(C)CC(=O)N2CCC[C@@H](C(=O)O)C2)n1. The summed E-state index contributed by atoms with van der Waals surface area (Å²) >= 11 is 0. The molecule has 0 spiro atoms. The van der Waals surface area contributed by atoms with Crippen molar-refractivity contribution in [1.29, 1.82) is 0 Å². The highest BCUT2D eigenvalue weighted by molar-refractivity contribution is 5.94. The lowest BCUT2D eigenvalue weighted by molar-refractivity contribution is -0.145. The number of rotatable bonds is 5. The first-order valence-electron chi connectivity index (χ1n) is 8.10. The number of carboxylic acids is 1. The predicted octanol–water partition coefficient (Wildman–Crippen LogP) is 0.859. The molecule has 0 aromatic carbocycles. The zero-order valence-electron chi connectivity index (χ0n) is 14.3. The van der Waals surface area contributed by atoms with E-state index in [9.17, 15) is 14.4 Å². The molecule has 0 radical (unpaired) electrons. The van der Waals surface area contributed by atoms with Crippen molar-refractivity contribution >= 4 is 17.8 Å². The average molecular weight is 336 g/mol. The molecule has 132 valence electrons. The van der Waals surface area contributed by atoms with Crippen molar-refractivity contribution in [2.45, 2.75) is 32.7 Å². The molecule has 1 aliphatic rings. The fourth-order valence-electron chi connectivity index (χ4n) is 2.72. The lowest BCUT2D eigenvalue weighted by atomic mass is 9.98. The maximum absolute atomic E-state index is 12.4. The molecule has 1 fully saturated rings. The van der Waals surface area contributed by atoms with Gasteiger partial charge in [-0.2, -0.15) is 5.10 Å². The molecule has 1 atom stereocenters. The maximum Gasteiger partial charge on any atom is 0.308 e. The number of aromatic nitrogens is 2. The van der Waals surface area contributed by atoms with Crippen molar-refractivity contribution in [2.75, 3.05) is 26.7 Å². The van der Waals surface area contributed by atoms with E-state index in [0.29, 0.717) is 25.1 Å². The van der Waals surface area contributed by atoms with Crippen molar-refractivity contribution in [2.24, 2.45) is 5.92 Å². The number of amides is 2. The molecule has 0 bridgehead atoms. The van der Waals surface area contributed by atoms with Crippen LogP contribution in [-0.4, -0.2) is 69.2 Å². The number of nitrogens with zero attached hydrogens (tertiary/aromatic N) is 4. The largest absolute Gasteiger partial charge is 0.481 e. The Labute approximate surface area is 141 Å². The molecule has 1 aromatic heterocycles. The third-order valence-electron chi connectivity index (χ3n) is 4.20. The standard InChI is InChI=1S/C16H24N4O4/c1-11(2)20-8-6-13(17-20)15(22)18(3)10-14(21)19-7-4-5-12(9-19)16(23)24/h6,8,11-12H,4-5,7,9-10H2,1-3H3,(H,23,24)/t12-/m1/s1. The Morgan fingerprint density at radius 2 is 2.12 bits per heavy atom. The van der Waals surface area contributed by atoms with E-state index in [1.807, 2.05) is 13.8 Å². The zero-order valence-corrected chi connectivity index (χ0v) is 14.3. The normalized spacial score (nSPS) is 17.8.